The summed E-state index contributed by atoms with van der Waals surface area (Å²) in [6, 6.07) is 7.17. The molecule has 1 aromatic heterocycles. The van der Waals surface area contributed by atoms with Crippen LogP contribution in [0, 0.1) is 6.92 Å². The zero-order chi connectivity index (χ0) is 12.6. The van der Waals surface area contributed by atoms with Gasteiger partial charge in [0.2, 0.25) is 0 Å². The summed E-state index contributed by atoms with van der Waals surface area (Å²) in [5, 5.41) is 10.8. The van der Waals surface area contributed by atoms with Gasteiger partial charge >= 0.3 is 0 Å². The Morgan fingerprint density at radius 3 is 2.53 bits per heavy atom. The van der Waals surface area contributed by atoms with Gasteiger partial charge in [0.25, 0.3) is 0 Å². The van der Waals surface area contributed by atoms with Crippen molar-refractivity contribution in [1.29, 1.82) is 0 Å². The third-order valence-electron chi connectivity index (χ3n) is 2.45. The van der Waals surface area contributed by atoms with E-state index in [1.54, 1.807) is 12.1 Å². The van der Waals surface area contributed by atoms with Crippen LogP contribution in [0.3, 0.4) is 0 Å². The normalized spacial score (nSPS) is 12.8. The molecule has 1 heterocycles. The molecule has 1 N–H and O–H groups in total. The van der Waals surface area contributed by atoms with E-state index in [1.807, 2.05) is 19.1 Å². The first-order chi connectivity index (χ1) is 7.99. The number of furan rings is 1. The fraction of sp³-hybridized carbons (Fsp3) is 0.167. The van der Waals surface area contributed by atoms with Gasteiger partial charge in [0.05, 0.1) is 4.47 Å². The number of aliphatic hydroxyl groups is 1. The Labute approximate surface area is 121 Å². The maximum absolute atomic E-state index is 10.2. The monoisotopic (exact) mass is 378 g/mol. The summed E-state index contributed by atoms with van der Waals surface area (Å²) in [4.78, 5) is 0. The summed E-state index contributed by atoms with van der Waals surface area (Å²) < 4.78 is 6.71. The molecule has 1 unspecified atom stereocenters. The number of hydrogen-bond donors (Lipinski definition) is 1. The van der Waals surface area contributed by atoms with Crippen LogP contribution in [0.1, 0.15) is 23.0 Å². The van der Waals surface area contributed by atoms with Gasteiger partial charge in [-0.3, -0.25) is 0 Å². The van der Waals surface area contributed by atoms with Crippen molar-refractivity contribution in [1.82, 2.24) is 0 Å². The minimum absolute atomic E-state index is 0.462. The van der Waals surface area contributed by atoms with Crippen LogP contribution in [0.4, 0.5) is 0 Å². The molecule has 0 saturated carbocycles. The highest BCUT2D eigenvalue weighted by molar-refractivity contribution is 9.13. The van der Waals surface area contributed by atoms with Crippen LogP contribution in [0.5, 0.6) is 0 Å². The van der Waals surface area contributed by atoms with Gasteiger partial charge in [-0.2, -0.15) is 0 Å². The zero-order valence-electron chi connectivity index (χ0n) is 8.88. The summed E-state index contributed by atoms with van der Waals surface area (Å²) in [5.74, 6) is 0.462. The highest BCUT2D eigenvalue weighted by atomic mass is 79.9. The lowest BCUT2D eigenvalue weighted by Gasteiger charge is -2.09. The van der Waals surface area contributed by atoms with Crippen molar-refractivity contribution < 1.29 is 9.52 Å². The Morgan fingerprint density at radius 1 is 1.29 bits per heavy atom. The van der Waals surface area contributed by atoms with Crippen LogP contribution < -0.4 is 0 Å². The highest BCUT2D eigenvalue weighted by Gasteiger charge is 2.17. The predicted octanol–water partition coefficient (Wildman–Crippen LogP) is 4.85. The van der Waals surface area contributed by atoms with Crippen molar-refractivity contribution in [3.63, 3.8) is 0 Å². The summed E-state index contributed by atoms with van der Waals surface area (Å²) in [5.41, 5.74) is 1.68. The van der Waals surface area contributed by atoms with E-state index in [9.17, 15) is 5.11 Å². The van der Waals surface area contributed by atoms with Gasteiger partial charge in [-0.05, 0) is 62.0 Å². The van der Waals surface area contributed by atoms with Crippen molar-refractivity contribution in [3.05, 3.63) is 55.3 Å². The maximum Gasteiger partial charge on any atom is 0.183 e. The molecule has 2 rings (SSSR count). The molecule has 1 aromatic carbocycles. The summed E-state index contributed by atoms with van der Waals surface area (Å²) in [6.45, 7) is 1.92. The number of rotatable bonds is 2. The molecule has 0 aliphatic rings. The molecule has 0 radical (unpaired) electrons. The van der Waals surface area contributed by atoms with Crippen molar-refractivity contribution in [2.24, 2.45) is 0 Å². The van der Waals surface area contributed by atoms with Crippen molar-refractivity contribution in [3.8, 4) is 0 Å². The number of halogens is 3. The molecule has 2 nitrogen and oxygen atoms in total. The summed E-state index contributed by atoms with van der Waals surface area (Å²) in [6.07, 6.45) is -0.823. The van der Waals surface area contributed by atoms with Crippen LogP contribution in [0.25, 0.3) is 0 Å². The molecule has 0 amide bonds. The lowest BCUT2D eigenvalue weighted by Crippen LogP contribution is -1.98. The average molecular weight is 380 g/mol. The molecule has 0 saturated heterocycles. The van der Waals surface area contributed by atoms with Gasteiger partial charge in [0.15, 0.2) is 4.67 Å². The van der Waals surface area contributed by atoms with E-state index < -0.39 is 6.10 Å². The van der Waals surface area contributed by atoms with E-state index in [-0.39, 0.29) is 0 Å². The van der Waals surface area contributed by atoms with E-state index in [0.29, 0.717) is 21.0 Å². The first kappa shape index (κ1) is 13.1. The predicted molar refractivity (Wildman–Crippen MR) is 74.4 cm³/mol. The summed E-state index contributed by atoms with van der Waals surface area (Å²) >= 11 is 12.6. The van der Waals surface area contributed by atoms with Crippen molar-refractivity contribution >= 4 is 43.5 Å². The lowest BCUT2D eigenvalue weighted by molar-refractivity contribution is 0.187. The molecule has 1 atom stereocenters. The molecule has 0 aliphatic carbocycles. The molecule has 0 spiro atoms. The minimum atomic E-state index is -0.823. The average Bonchev–Trinajstić information content (AvgIpc) is 2.62. The van der Waals surface area contributed by atoms with Gasteiger partial charge in [0.1, 0.15) is 11.9 Å². The van der Waals surface area contributed by atoms with E-state index in [1.165, 1.54) is 0 Å². The van der Waals surface area contributed by atoms with Gasteiger partial charge in [-0.1, -0.05) is 23.7 Å². The van der Waals surface area contributed by atoms with Crippen LogP contribution in [0.2, 0.25) is 5.02 Å². The van der Waals surface area contributed by atoms with E-state index in [4.69, 9.17) is 16.0 Å². The maximum atomic E-state index is 10.2. The number of hydrogen-bond acceptors (Lipinski definition) is 2. The zero-order valence-corrected chi connectivity index (χ0v) is 12.8. The van der Waals surface area contributed by atoms with Crippen molar-refractivity contribution in [2.75, 3.05) is 0 Å². The Bertz CT molecular complexity index is 532. The molecule has 5 heteroatoms. The largest absolute Gasteiger partial charge is 0.450 e. The Morgan fingerprint density at radius 2 is 2.00 bits per heavy atom. The third-order valence-corrected chi connectivity index (χ3v) is 4.56. The molecular weight excluding hydrogens is 371 g/mol. The smallest absolute Gasteiger partial charge is 0.183 e. The first-order valence-corrected chi connectivity index (χ1v) is 6.84. The van der Waals surface area contributed by atoms with Gasteiger partial charge < -0.3 is 9.52 Å². The third kappa shape index (κ3) is 2.76. The molecule has 2 aromatic rings. The van der Waals surface area contributed by atoms with Crippen LogP contribution in [-0.4, -0.2) is 5.11 Å². The molecule has 0 fully saturated rings. The second kappa shape index (κ2) is 5.14. The topological polar surface area (TPSA) is 33.4 Å². The van der Waals surface area contributed by atoms with Gasteiger partial charge in [0, 0.05) is 5.02 Å². The fourth-order valence-electron chi connectivity index (χ4n) is 1.44. The van der Waals surface area contributed by atoms with Crippen LogP contribution in [-0.2, 0) is 0 Å². The van der Waals surface area contributed by atoms with E-state index in [2.05, 4.69) is 31.9 Å². The molecule has 0 aliphatic heterocycles. The Hall–Kier alpha value is -0.290. The highest BCUT2D eigenvalue weighted by Crippen LogP contribution is 2.33. The minimum Gasteiger partial charge on any atom is -0.450 e. The number of aliphatic hydroxyl groups excluding tert-OH is 1. The molecule has 0 bridgehead atoms. The van der Waals surface area contributed by atoms with Gasteiger partial charge in [-0.15, -0.1) is 0 Å². The number of benzene rings is 1. The number of aryl methyl sites for hydroxylation is 1. The second-order valence-corrected chi connectivity index (χ2v) is 5.66. The Kier molecular flexibility index (Phi) is 3.98. The van der Waals surface area contributed by atoms with Crippen LogP contribution in [0.15, 0.2) is 37.8 Å². The first-order valence-electron chi connectivity index (χ1n) is 4.88. The molecule has 90 valence electrons. The standard InChI is InChI=1S/C12H9Br2ClO2/c1-6-2-3-7(4-9(6)15)11(16)10-5-8(13)12(14)17-10/h2-5,11,16H,1H3. The van der Waals surface area contributed by atoms with Crippen LogP contribution >= 0.6 is 43.5 Å². The van der Waals surface area contributed by atoms with Crippen molar-refractivity contribution in [2.45, 2.75) is 13.0 Å². The lowest BCUT2D eigenvalue weighted by atomic mass is 10.1. The molecular formula is C12H9Br2ClO2. The quantitative estimate of drug-likeness (QED) is 0.808. The van der Waals surface area contributed by atoms with E-state index >= 15 is 0 Å². The fourth-order valence-corrected chi connectivity index (χ4v) is 2.24. The van der Waals surface area contributed by atoms with E-state index in [0.717, 1.165) is 10.0 Å². The molecule has 17 heavy (non-hydrogen) atoms. The van der Waals surface area contributed by atoms with Gasteiger partial charge in [-0.25, -0.2) is 0 Å². The SMILES string of the molecule is Cc1ccc(C(O)c2cc(Br)c(Br)o2)cc1Cl. The Balaban J connectivity index is 2.36. The summed E-state index contributed by atoms with van der Waals surface area (Å²) in [7, 11) is 0. The second-order valence-electron chi connectivity index (χ2n) is 3.68.